The van der Waals surface area contributed by atoms with E-state index in [4.69, 9.17) is 0 Å². The molecular formula is C14H13N3O4. The molecule has 0 spiro atoms. The summed E-state index contributed by atoms with van der Waals surface area (Å²) in [6.07, 6.45) is 0.615. The molecule has 0 aliphatic rings. The van der Waals surface area contributed by atoms with E-state index < -0.39 is 9.85 Å². The zero-order valence-corrected chi connectivity index (χ0v) is 11.1. The molecule has 2 rings (SSSR count). The van der Waals surface area contributed by atoms with Crippen LogP contribution in [0.25, 0.3) is 0 Å². The molecule has 0 saturated heterocycles. The minimum absolute atomic E-state index is 0.0289. The average Bonchev–Trinajstić information content (AvgIpc) is 2.48. The van der Waals surface area contributed by atoms with Gasteiger partial charge in [-0.05, 0) is 18.1 Å². The van der Waals surface area contributed by atoms with Gasteiger partial charge >= 0.3 is 0 Å². The Bertz CT molecular complexity index is 656. The first-order valence-electron chi connectivity index (χ1n) is 6.28. The summed E-state index contributed by atoms with van der Waals surface area (Å²) in [6.45, 7) is 0.503. The number of hydrogen-bond donors (Lipinski definition) is 1. The highest BCUT2D eigenvalue weighted by molar-refractivity contribution is 5.61. The van der Waals surface area contributed by atoms with Crippen LogP contribution in [0.5, 0.6) is 0 Å². The smallest absolute Gasteiger partial charge is 0.292 e. The quantitative estimate of drug-likeness (QED) is 0.650. The van der Waals surface area contributed by atoms with Crippen molar-refractivity contribution in [1.29, 1.82) is 0 Å². The molecule has 0 saturated carbocycles. The lowest BCUT2D eigenvalue weighted by Gasteiger charge is -2.06. The van der Waals surface area contributed by atoms with E-state index in [1.54, 1.807) is 30.3 Å². The van der Waals surface area contributed by atoms with Gasteiger partial charge in [0, 0.05) is 24.7 Å². The zero-order valence-electron chi connectivity index (χ0n) is 11.1. The van der Waals surface area contributed by atoms with Gasteiger partial charge in [-0.15, -0.1) is 0 Å². The Morgan fingerprint density at radius 2 is 1.57 bits per heavy atom. The molecule has 108 valence electrons. The van der Waals surface area contributed by atoms with Crippen molar-refractivity contribution in [2.24, 2.45) is 0 Å². The third kappa shape index (κ3) is 3.75. The van der Waals surface area contributed by atoms with Crippen LogP contribution in [0.3, 0.4) is 0 Å². The summed E-state index contributed by atoms with van der Waals surface area (Å²) in [5, 5.41) is 24.4. The summed E-state index contributed by atoms with van der Waals surface area (Å²) in [7, 11) is 0. The van der Waals surface area contributed by atoms with Crippen LogP contribution < -0.4 is 5.32 Å². The third-order valence-electron chi connectivity index (χ3n) is 2.98. The lowest BCUT2D eigenvalue weighted by molar-refractivity contribution is -0.384. The van der Waals surface area contributed by atoms with Gasteiger partial charge in [-0.25, -0.2) is 0 Å². The fourth-order valence-electron chi connectivity index (χ4n) is 1.91. The van der Waals surface area contributed by atoms with Crippen LogP contribution in [0.1, 0.15) is 5.56 Å². The maximum Gasteiger partial charge on any atom is 0.292 e. The largest absolute Gasteiger partial charge is 0.379 e. The van der Waals surface area contributed by atoms with Gasteiger partial charge in [0.15, 0.2) is 0 Å². The second-order valence-electron chi connectivity index (χ2n) is 4.37. The Morgan fingerprint density at radius 1 is 0.905 bits per heavy atom. The summed E-state index contributed by atoms with van der Waals surface area (Å²) in [6, 6.07) is 12.7. The van der Waals surface area contributed by atoms with Crippen molar-refractivity contribution in [2.75, 3.05) is 11.9 Å². The number of nitrogens with one attached hydrogen (secondary N) is 1. The monoisotopic (exact) mass is 287 g/mol. The Balaban J connectivity index is 1.95. The van der Waals surface area contributed by atoms with Crippen LogP contribution in [0, 0.1) is 20.2 Å². The topological polar surface area (TPSA) is 98.3 Å². The van der Waals surface area contributed by atoms with Crippen LogP contribution >= 0.6 is 0 Å². The van der Waals surface area contributed by atoms with Crippen molar-refractivity contribution in [3.63, 3.8) is 0 Å². The lowest BCUT2D eigenvalue weighted by Crippen LogP contribution is -2.06. The van der Waals surface area contributed by atoms with Crippen molar-refractivity contribution < 1.29 is 9.85 Å². The van der Waals surface area contributed by atoms with Crippen molar-refractivity contribution in [3.05, 3.63) is 74.3 Å². The van der Waals surface area contributed by atoms with Gasteiger partial charge in [0.25, 0.3) is 11.4 Å². The molecule has 0 fully saturated rings. The molecule has 0 aliphatic heterocycles. The minimum atomic E-state index is -0.449. The number of nitrogens with zero attached hydrogens (tertiary/aromatic N) is 2. The summed E-state index contributed by atoms with van der Waals surface area (Å²) in [4.78, 5) is 20.5. The second-order valence-corrected chi connectivity index (χ2v) is 4.37. The van der Waals surface area contributed by atoms with Crippen molar-refractivity contribution in [1.82, 2.24) is 0 Å². The Morgan fingerprint density at radius 3 is 2.19 bits per heavy atom. The van der Waals surface area contributed by atoms with E-state index in [0.717, 1.165) is 5.56 Å². The number of hydrogen-bond acceptors (Lipinski definition) is 5. The van der Waals surface area contributed by atoms with E-state index in [0.29, 0.717) is 18.7 Å². The van der Waals surface area contributed by atoms with Crippen LogP contribution in [-0.2, 0) is 6.42 Å². The summed E-state index contributed by atoms with van der Waals surface area (Å²) in [5.74, 6) is 0. The summed E-state index contributed by atoms with van der Waals surface area (Å²) in [5.41, 5.74) is 1.46. The first-order chi connectivity index (χ1) is 10.1. The molecule has 0 atom stereocenters. The highest BCUT2D eigenvalue weighted by Gasteiger charge is 2.11. The third-order valence-corrected chi connectivity index (χ3v) is 2.98. The van der Waals surface area contributed by atoms with Gasteiger partial charge in [0.05, 0.1) is 9.85 Å². The van der Waals surface area contributed by atoms with Crippen LogP contribution in [0.2, 0.25) is 0 Å². The molecule has 7 heteroatoms. The maximum absolute atomic E-state index is 10.9. The van der Waals surface area contributed by atoms with Crippen LogP contribution in [0.4, 0.5) is 17.1 Å². The van der Waals surface area contributed by atoms with Gasteiger partial charge in [-0.3, -0.25) is 20.2 Å². The van der Waals surface area contributed by atoms with Gasteiger partial charge in [-0.1, -0.05) is 24.3 Å². The van der Waals surface area contributed by atoms with E-state index in [9.17, 15) is 20.2 Å². The van der Waals surface area contributed by atoms with E-state index in [1.807, 2.05) is 0 Å². The van der Waals surface area contributed by atoms with E-state index in [2.05, 4.69) is 5.32 Å². The number of rotatable bonds is 6. The molecule has 7 nitrogen and oxygen atoms in total. The first kappa shape index (κ1) is 14.4. The molecule has 0 aliphatic carbocycles. The van der Waals surface area contributed by atoms with Crippen LogP contribution in [-0.4, -0.2) is 16.4 Å². The standard InChI is InChI=1S/C14H13N3O4/c18-16(19)12-7-5-11(6-8-12)9-10-15-13-3-1-2-4-14(13)17(20)21/h1-8,15H,9-10H2. The van der Waals surface area contributed by atoms with Crippen molar-refractivity contribution in [2.45, 2.75) is 6.42 Å². The van der Waals surface area contributed by atoms with Crippen molar-refractivity contribution >= 4 is 17.1 Å². The fourth-order valence-corrected chi connectivity index (χ4v) is 1.91. The number of benzene rings is 2. The normalized spacial score (nSPS) is 10.1. The number of nitro groups is 2. The number of anilines is 1. The maximum atomic E-state index is 10.9. The predicted octanol–water partition coefficient (Wildman–Crippen LogP) is 3.16. The first-order valence-corrected chi connectivity index (χ1v) is 6.28. The molecule has 0 heterocycles. The Hall–Kier alpha value is -2.96. The second kappa shape index (κ2) is 6.47. The molecule has 0 unspecified atom stereocenters. The summed E-state index contributed by atoms with van der Waals surface area (Å²) >= 11 is 0. The van der Waals surface area contributed by atoms with Gasteiger partial charge in [0.2, 0.25) is 0 Å². The van der Waals surface area contributed by atoms with Crippen molar-refractivity contribution in [3.8, 4) is 0 Å². The van der Waals surface area contributed by atoms with Gasteiger partial charge in [-0.2, -0.15) is 0 Å². The molecule has 2 aromatic rings. The summed E-state index contributed by atoms with van der Waals surface area (Å²) < 4.78 is 0. The average molecular weight is 287 g/mol. The Kier molecular flexibility index (Phi) is 4.45. The Labute approximate surface area is 120 Å². The van der Waals surface area contributed by atoms with Gasteiger partial charge < -0.3 is 5.32 Å². The minimum Gasteiger partial charge on any atom is -0.379 e. The number of para-hydroxylation sites is 2. The fraction of sp³-hybridized carbons (Fsp3) is 0.143. The molecule has 0 radical (unpaired) electrons. The van der Waals surface area contributed by atoms with E-state index in [1.165, 1.54) is 18.2 Å². The van der Waals surface area contributed by atoms with Crippen LogP contribution in [0.15, 0.2) is 48.5 Å². The zero-order chi connectivity index (χ0) is 15.2. The molecule has 2 aromatic carbocycles. The number of nitro benzene ring substituents is 2. The van der Waals surface area contributed by atoms with E-state index in [-0.39, 0.29) is 11.4 Å². The predicted molar refractivity (Wildman–Crippen MR) is 78.4 cm³/mol. The molecule has 0 amide bonds. The molecule has 0 bridgehead atoms. The molecule has 1 N–H and O–H groups in total. The number of non-ortho nitro benzene ring substituents is 1. The molecule has 0 aromatic heterocycles. The molecule has 21 heavy (non-hydrogen) atoms. The SMILES string of the molecule is O=[N+]([O-])c1ccc(CCNc2ccccc2[N+](=O)[O-])cc1. The highest BCUT2D eigenvalue weighted by Crippen LogP contribution is 2.23. The van der Waals surface area contributed by atoms with Gasteiger partial charge in [0.1, 0.15) is 5.69 Å². The lowest BCUT2D eigenvalue weighted by atomic mass is 10.1. The van der Waals surface area contributed by atoms with E-state index >= 15 is 0 Å². The molecular weight excluding hydrogens is 274 g/mol. The highest BCUT2D eigenvalue weighted by atomic mass is 16.6.